The summed E-state index contributed by atoms with van der Waals surface area (Å²) in [5.41, 5.74) is 5.22. The fraction of sp³-hybridized carbons (Fsp3) is 1.00. The predicted molar refractivity (Wildman–Crippen MR) is 62.7 cm³/mol. The van der Waals surface area contributed by atoms with Crippen molar-refractivity contribution in [2.45, 2.75) is 39.2 Å². The molecule has 0 aliphatic heterocycles. The quantitative estimate of drug-likeness (QED) is 0.668. The van der Waals surface area contributed by atoms with Gasteiger partial charge in [-0.3, -0.25) is 0 Å². The molecule has 15 heavy (non-hydrogen) atoms. The van der Waals surface area contributed by atoms with E-state index in [0.717, 1.165) is 0 Å². The SMILES string of the molecule is CCNS(=O)(=O)N(C)C(CC)(CC)CN. The van der Waals surface area contributed by atoms with Crippen LogP contribution in [0.1, 0.15) is 33.6 Å². The zero-order chi connectivity index (χ0) is 12.1. The monoisotopic (exact) mass is 237 g/mol. The first-order valence-electron chi connectivity index (χ1n) is 5.33. The van der Waals surface area contributed by atoms with Gasteiger partial charge in [-0.1, -0.05) is 20.8 Å². The van der Waals surface area contributed by atoms with Crippen molar-refractivity contribution in [1.29, 1.82) is 0 Å². The topological polar surface area (TPSA) is 75.4 Å². The van der Waals surface area contributed by atoms with Gasteiger partial charge in [-0.25, -0.2) is 4.72 Å². The fourth-order valence-corrected chi connectivity index (χ4v) is 3.05. The van der Waals surface area contributed by atoms with Crippen LogP contribution >= 0.6 is 0 Å². The Morgan fingerprint density at radius 2 is 1.73 bits per heavy atom. The minimum atomic E-state index is -3.40. The molecule has 0 unspecified atom stereocenters. The van der Waals surface area contributed by atoms with E-state index >= 15 is 0 Å². The number of nitrogens with one attached hydrogen (secondary N) is 1. The van der Waals surface area contributed by atoms with Gasteiger partial charge in [0.25, 0.3) is 10.2 Å². The number of hydrogen-bond acceptors (Lipinski definition) is 3. The zero-order valence-corrected chi connectivity index (χ0v) is 10.9. The van der Waals surface area contributed by atoms with Crippen molar-refractivity contribution < 1.29 is 8.42 Å². The van der Waals surface area contributed by atoms with Crippen LogP contribution < -0.4 is 10.5 Å². The number of nitrogens with zero attached hydrogens (tertiary/aromatic N) is 1. The van der Waals surface area contributed by atoms with Gasteiger partial charge in [0.05, 0.1) is 0 Å². The highest BCUT2D eigenvalue weighted by molar-refractivity contribution is 7.87. The van der Waals surface area contributed by atoms with Crippen molar-refractivity contribution in [2.75, 3.05) is 20.1 Å². The predicted octanol–water partition coefficient (Wildman–Crippen LogP) is 0.290. The summed E-state index contributed by atoms with van der Waals surface area (Å²) in [4.78, 5) is 0. The van der Waals surface area contributed by atoms with Crippen LogP contribution in [0.2, 0.25) is 0 Å². The lowest BCUT2D eigenvalue weighted by Gasteiger charge is -2.38. The molecule has 0 radical (unpaired) electrons. The standard InChI is InChI=1S/C9H23N3O2S/c1-5-9(6-2,8-10)12(4)15(13,14)11-7-3/h11H,5-8,10H2,1-4H3. The maximum atomic E-state index is 11.8. The summed E-state index contributed by atoms with van der Waals surface area (Å²) in [6, 6.07) is 0. The molecular formula is C9H23N3O2S. The largest absolute Gasteiger partial charge is 0.329 e. The lowest BCUT2D eigenvalue weighted by Crippen LogP contribution is -2.56. The Morgan fingerprint density at radius 1 is 1.27 bits per heavy atom. The van der Waals surface area contributed by atoms with Gasteiger partial charge in [-0.2, -0.15) is 12.7 Å². The van der Waals surface area contributed by atoms with Crippen molar-refractivity contribution >= 4 is 10.2 Å². The number of likely N-dealkylation sites (N-methyl/N-ethyl adjacent to an activating group) is 1. The van der Waals surface area contributed by atoms with E-state index in [1.54, 1.807) is 14.0 Å². The van der Waals surface area contributed by atoms with E-state index in [0.29, 0.717) is 25.9 Å². The van der Waals surface area contributed by atoms with E-state index in [2.05, 4.69) is 4.72 Å². The van der Waals surface area contributed by atoms with E-state index < -0.39 is 15.7 Å². The third kappa shape index (κ3) is 3.14. The van der Waals surface area contributed by atoms with Crippen LogP contribution in [-0.2, 0) is 10.2 Å². The molecule has 0 bridgehead atoms. The van der Waals surface area contributed by atoms with Crippen molar-refractivity contribution in [2.24, 2.45) is 5.73 Å². The third-order valence-corrected chi connectivity index (χ3v) is 4.81. The average Bonchev–Trinajstić information content (AvgIpc) is 2.21. The molecule has 0 rings (SSSR count). The first-order chi connectivity index (χ1) is 6.90. The van der Waals surface area contributed by atoms with Crippen LogP contribution in [0, 0.1) is 0 Å². The molecule has 0 spiro atoms. The number of hydrogen-bond donors (Lipinski definition) is 2. The van der Waals surface area contributed by atoms with Crippen LogP contribution in [0.4, 0.5) is 0 Å². The number of nitrogens with two attached hydrogens (primary N) is 1. The summed E-state index contributed by atoms with van der Waals surface area (Å²) in [7, 11) is -1.82. The fourth-order valence-electron chi connectivity index (χ4n) is 1.65. The molecule has 6 heteroatoms. The van der Waals surface area contributed by atoms with Gasteiger partial charge in [-0.15, -0.1) is 0 Å². The Balaban J connectivity index is 5.02. The Hall–Kier alpha value is -0.170. The lowest BCUT2D eigenvalue weighted by atomic mass is 9.93. The first-order valence-corrected chi connectivity index (χ1v) is 6.77. The summed E-state index contributed by atoms with van der Waals surface area (Å²) in [6.45, 7) is 6.39. The molecular weight excluding hydrogens is 214 g/mol. The molecule has 0 aromatic heterocycles. The Morgan fingerprint density at radius 3 is 2.00 bits per heavy atom. The molecule has 0 aliphatic carbocycles. The summed E-state index contributed by atoms with van der Waals surface area (Å²) >= 11 is 0. The van der Waals surface area contributed by atoms with E-state index in [9.17, 15) is 8.42 Å². The van der Waals surface area contributed by atoms with Crippen molar-refractivity contribution in [1.82, 2.24) is 9.03 Å². The first kappa shape index (κ1) is 14.8. The summed E-state index contributed by atoms with van der Waals surface area (Å²) in [6.07, 6.45) is 1.42. The van der Waals surface area contributed by atoms with E-state index in [-0.39, 0.29) is 0 Å². The van der Waals surface area contributed by atoms with Crippen LogP contribution in [0.3, 0.4) is 0 Å². The molecule has 0 fully saturated rings. The van der Waals surface area contributed by atoms with Crippen molar-refractivity contribution in [3.8, 4) is 0 Å². The van der Waals surface area contributed by atoms with E-state index in [1.807, 2.05) is 13.8 Å². The molecule has 0 aromatic rings. The maximum Gasteiger partial charge on any atom is 0.279 e. The molecule has 92 valence electrons. The van der Waals surface area contributed by atoms with E-state index in [4.69, 9.17) is 5.73 Å². The molecule has 0 saturated heterocycles. The van der Waals surface area contributed by atoms with Crippen molar-refractivity contribution in [3.63, 3.8) is 0 Å². The van der Waals surface area contributed by atoms with Gasteiger partial charge < -0.3 is 5.73 Å². The van der Waals surface area contributed by atoms with Crippen LogP contribution in [-0.4, -0.2) is 38.4 Å². The zero-order valence-electron chi connectivity index (χ0n) is 10.1. The summed E-state index contributed by atoms with van der Waals surface area (Å²) in [5, 5.41) is 0. The lowest BCUT2D eigenvalue weighted by molar-refractivity contribution is 0.206. The minimum Gasteiger partial charge on any atom is -0.329 e. The maximum absolute atomic E-state index is 11.8. The van der Waals surface area contributed by atoms with E-state index in [1.165, 1.54) is 4.31 Å². The van der Waals surface area contributed by atoms with Gasteiger partial charge in [-0.05, 0) is 12.8 Å². The van der Waals surface area contributed by atoms with Crippen LogP contribution in [0.15, 0.2) is 0 Å². The highest BCUT2D eigenvalue weighted by atomic mass is 32.2. The van der Waals surface area contributed by atoms with Crippen molar-refractivity contribution in [3.05, 3.63) is 0 Å². The van der Waals surface area contributed by atoms with Gasteiger partial charge in [0, 0.05) is 25.7 Å². The van der Waals surface area contributed by atoms with Crippen LogP contribution in [0.5, 0.6) is 0 Å². The Labute approximate surface area is 93.2 Å². The second-order valence-corrected chi connectivity index (χ2v) is 5.39. The molecule has 0 atom stereocenters. The molecule has 0 amide bonds. The average molecular weight is 237 g/mol. The van der Waals surface area contributed by atoms with Gasteiger partial charge >= 0.3 is 0 Å². The van der Waals surface area contributed by atoms with Gasteiger partial charge in [0.2, 0.25) is 0 Å². The van der Waals surface area contributed by atoms with Gasteiger partial charge in [0.1, 0.15) is 0 Å². The highest BCUT2D eigenvalue weighted by Gasteiger charge is 2.36. The smallest absolute Gasteiger partial charge is 0.279 e. The number of rotatable bonds is 7. The van der Waals surface area contributed by atoms with Gasteiger partial charge in [0.15, 0.2) is 0 Å². The molecule has 0 saturated carbocycles. The third-order valence-electron chi connectivity index (χ3n) is 3.05. The Bertz CT molecular complexity index is 265. The molecule has 0 aliphatic rings. The van der Waals surface area contributed by atoms with Crippen LogP contribution in [0.25, 0.3) is 0 Å². The summed E-state index contributed by atoms with van der Waals surface area (Å²) in [5.74, 6) is 0. The Kier molecular flexibility index (Phi) is 5.72. The minimum absolute atomic E-state index is 0.334. The highest BCUT2D eigenvalue weighted by Crippen LogP contribution is 2.23. The molecule has 5 nitrogen and oxygen atoms in total. The molecule has 0 aromatic carbocycles. The normalized spacial score (nSPS) is 13.5. The molecule has 0 heterocycles. The summed E-state index contributed by atoms with van der Waals surface area (Å²) < 4.78 is 27.5. The second-order valence-electron chi connectivity index (χ2n) is 3.61. The molecule has 3 N–H and O–H groups in total. The second kappa shape index (κ2) is 5.79.